The van der Waals surface area contributed by atoms with Crippen molar-refractivity contribution in [3.8, 4) is 23.0 Å². The van der Waals surface area contributed by atoms with Crippen LogP contribution in [-0.4, -0.2) is 19.5 Å². The van der Waals surface area contributed by atoms with Gasteiger partial charge in [0.1, 0.15) is 29.6 Å². The first-order valence-electron chi connectivity index (χ1n) is 9.74. The number of hydrogen-bond donors (Lipinski definition) is 0. The number of para-hydroxylation sites is 1. The van der Waals surface area contributed by atoms with Gasteiger partial charge in [0.15, 0.2) is 5.76 Å². The quantitative estimate of drug-likeness (QED) is 0.503. The molecule has 30 heavy (non-hydrogen) atoms. The Kier molecular flexibility index (Phi) is 5.70. The molecule has 1 heterocycles. The van der Waals surface area contributed by atoms with Crippen molar-refractivity contribution in [1.82, 2.24) is 0 Å². The number of methoxy groups -OCH3 is 1. The van der Waals surface area contributed by atoms with Gasteiger partial charge in [-0.25, -0.2) is 0 Å². The van der Waals surface area contributed by atoms with Gasteiger partial charge in [0.2, 0.25) is 5.78 Å². The van der Waals surface area contributed by atoms with E-state index in [-0.39, 0.29) is 11.5 Å². The molecule has 4 rings (SSSR count). The number of rotatable bonds is 7. The minimum absolute atomic E-state index is 0.143. The van der Waals surface area contributed by atoms with Gasteiger partial charge in [-0.15, -0.1) is 0 Å². The van der Waals surface area contributed by atoms with E-state index in [1.165, 1.54) is 0 Å². The molecule has 1 aliphatic rings. The number of Topliss-reactive ketones (excluding diaryl/α,β-unsaturated/α-hetero) is 1. The van der Waals surface area contributed by atoms with Crippen LogP contribution in [0.15, 0.2) is 72.5 Å². The monoisotopic (exact) mass is 402 g/mol. The number of benzene rings is 3. The van der Waals surface area contributed by atoms with Crippen molar-refractivity contribution in [1.29, 1.82) is 0 Å². The summed E-state index contributed by atoms with van der Waals surface area (Å²) in [5.74, 6) is 2.82. The number of ether oxygens (including phenoxy) is 4. The molecule has 0 N–H and O–H groups in total. The van der Waals surface area contributed by atoms with E-state index in [1.54, 1.807) is 31.4 Å². The molecule has 0 saturated heterocycles. The molecule has 0 amide bonds. The van der Waals surface area contributed by atoms with E-state index >= 15 is 0 Å². The number of ketones is 1. The molecular weight excluding hydrogens is 380 g/mol. The molecule has 0 aliphatic carbocycles. The topological polar surface area (TPSA) is 54.0 Å². The maximum Gasteiger partial charge on any atom is 0.231 e. The van der Waals surface area contributed by atoms with Gasteiger partial charge >= 0.3 is 0 Å². The maximum absolute atomic E-state index is 12.7. The lowest BCUT2D eigenvalue weighted by molar-refractivity contribution is 0.101. The molecule has 0 unspecified atom stereocenters. The molecule has 0 fully saturated rings. The molecule has 0 radical (unpaired) electrons. The first-order chi connectivity index (χ1) is 14.7. The first-order valence-corrected chi connectivity index (χ1v) is 9.74. The lowest BCUT2D eigenvalue weighted by atomic mass is 10.1. The molecule has 0 spiro atoms. The van der Waals surface area contributed by atoms with Gasteiger partial charge in [-0.3, -0.25) is 4.79 Å². The predicted octanol–water partition coefficient (Wildman–Crippen LogP) is 5.29. The second-order valence-corrected chi connectivity index (χ2v) is 6.70. The van der Waals surface area contributed by atoms with Gasteiger partial charge in [0.25, 0.3) is 0 Å². The minimum Gasteiger partial charge on any atom is -0.496 e. The van der Waals surface area contributed by atoms with E-state index in [1.807, 2.05) is 55.5 Å². The van der Waals surface area contributed by atoms with Crippen LogP contribution in [-0.2, 0) is 6.61 Å². The molecule has 3 aromatic rings. The molecule has 152 valence electrons. The fourth-order valence-corrected chi connectivity index (χ4v) is 3.22. The summed E-state index contributed by atoms with van der Waals surface area (Å²) >= 11 is 0. The summed E-state index contributed by atoms with van der Waals surface area (Å²) in [6, 6.07) is 20.4. The van der Waals surface area contributed by atoms with E-state index in [9.17, 15) is 4.79 Å². The summed E-state index contributed by atoms with van der Waals surface area (Å²) in [5, 5.41) is 0. The SMILES string of the molecule is CCOc1ccc(/C=C2\Oc3cc(OCc4ccccc4OC)ccc3C2=O)cc1. The van der Waals surface area contributed by atoms with Crippen LogP contribution >= 0.6 is 0 Å². The largest absolute Gasteiger partial charge is 0.496 e. The third-order valence-corrected chi connectivity index (χ3v) is 4.72. The highest BCUT2D eigenvalue weighted by Gasteiger charge is 2.27. The fraction of sp³-hybridized carbons (Fsp3) is 0.160. The summed E-state index contributed by atoms with van der Waals surface area (Å²) in [6.45, 7) is 2.90. The van der Waals surface area contributed by atoms with Crippen LogP contribution in [0, 0.1) is 0 Å². The van der Waals surface area contributed by atoms with E-state index in [0.717, 1.165) is 22.6 Å². The Bertz CT molecular complexity index is 1080. The Morgan fingerprint density at radius 1 is 0.933 bits per heavy atom. The summed E-state index contributed by atoms with van der Waals surface area (Å²) in [4.78, 5) is 12.7. The zero-order chi connectivity index (χ0) is 20.9. The van der Waals surface area contributed by atoms with Gasteiger partial charge in [-0.1, -0.05) is 30.3 Å². The molecule has 0 aromatic heterocycles. The van der Waals surface area contributed by atoms with Crippen molar-refractivity contribution in [2.45, 2.75) is 13.5 Å². The predicted molar refractivity (Wildman–Crippen MR) is 114 cm³/mol. The average molecular weight is 402 g/mol. The number of carbonyl (C=O) groups excluding carboxylic acids is 1. The van der Waals surface area contributed by atoms with Crippen molar-refractivity contribution < 1.29 is 23.7 Å². The summed E-state index contributed by atoms with van der Waals surface area (Å²) in [6.07, 6.45) is 1.73. The van der Waals surface area contributed by atoms with Crippen molar-refractivity contribution in [3.05, 3.63) is 89.2 Å². The van der Waals surface area contributed by atoms with Gasteiger partial charge in [-0.05, 0) is 48.9 Å². The van der Waals surface area contributed by atoms with Crippen molar-refractivity contribution in [2.75, 3.05) is 13.7 Å². The molecular formula is C25H22O5. The Morgan fingerprint density at radius 3 is 2.47 bits per heavy atom. The molecule has 0 saturated carbocycles. The maximum atomic E-state index is 12.7. The molecule has 5 nitrogen and oxygen atoms in total. The van der Waals surface area contributed by atoms with Crippen LogP contribution in [0.25, 0.3) is 6.08 Å². The van der Waals surface area contributed by atoms with E-state index in [4.69, 9.17) is 18.9 Å². The zero-order valence-electron chi connectivity index (χ0n) is 16.9. The van der Waals surface area contributed by atoms with Gasteiger partial charge in [-0.2, -0.15) is 0 Å². The van der Waals surface area contributed by atoms with Crippen molar-refractivity contribution in [2.24, 2.45) is 0 Å². The van der Waals surface area contributed by atoms with Crippen molar-refractivity contribution >= 4 is 11.9 Å². The zero-order valence-corrected chi connectivity index (χ0v) is 16.9. The van der Waals surface area contributed by atoms with Crippen molar-refractivity contribution in [3.63, 3.8) is 0 Å². The number of fused-ring (bicyclic) bond motifs is 1. The van der Waals surface area contributed by atoms with Crippen LogP contribution in [0.2, 0.25) is 0 Å². The highest BCUT2D eigenvalue weighted by Crippen LogP contribution is 2.35. The summed E-state index contributed by atoms with van der Waals surface area (Å²) < 4.78 is 22.5. The Hall–Kier alpha value is -3.73. The van der Waals surface area contributed by atoms with E-state index in [0.29, 0.717) is 30.3 Å². The highest BCUT2D eigenvalue weighted by atomic mass is 16.5. The number of hydrogen-bond acceptors (Lipinski definition) is 5. The Labute approximate surface area is 175 Å². The molecule has 3 aromatic carbocycles. The number of carbonyl (C=O) groups is 1. The number of allylic oxidation sites excluding steroid dienone is 1. The smallest absolute Gasteiger partial charge is 0.231 e. The molecule has 1 aliphatic heterocycles. The van der Waals surface area contributed by atoms with Crippen LogP contribution in [0.5, 0.6) is 23.0 Å². The minimum atomic E-state index is -0.143. The highest BCUT2D eigenvalue weighted by molar-refractivity contribution is 6.14. The standard InChI is InChI=1S/C25H22O5/c1-3-28-19-10-8-17(9-11-19)14-24-25(26)21-13-12-20(15-23(21)30-24)29-16-18-6-4-5-7-22(18)27-2/h4-15H,3,16H2,1-2H3/b24-14-. The fourth-order valence-electron chi connectivity index (χ4n) is 3.22. The van der Waals surface area contributed by atoms with E-state index in [2.05, 4.69) is 0 Å². The average Bonchev–Trinajstić information content (AvgIpc) is 3.08. The summed E-state index contributed by atoms with van der Waals surface area (Å²) in [5.41, 5.74) is 2.33. The van der Waals surface area contributed by atoms with E-state index < -0.39 is 0 Å². The Morgan fingerprint density at radius 2 is 1.70 bits per heavy atom. The van der Waals surface area contributed by atoms with Crippen LogP contribution < -0.4 is 18.9 Å². The third-order valence-electron chi connectivity index (χ3n) is 4.72. The van der Waals surface area contributed by atoms with Crippen LogP contribution in [0.1, 0.15) is 28.4 Å². The lowest BCUT2D eigenvalue weighted by Crippen LogP contribution is -1.99. The summed E-state index contributed by atoms with van der Waals surface area (Å²) in [7, 11) is 1.63. The van der Waals surface area contributed by atoms with Crippen LogP contribution in [0.4, 0.5) is 0 Å². The lowest BCUT2D eigenvalue weighted by Gasteiger charge is -2.10. The second-order valence-electron chi connectivity index (χ2n) is 6.70. The van der Waals surface area contributed by atoms with Gasteiger partial charge < -0.3 is 18.9 Å². The Balaban J connectivity index is 1.48. The molecule has 0 bridgehead atoms. The molecule has 5 heteroatoms. The third kappa shape index (κ3) is 4.15. The normalized spacial score (nSPS) is 13.7. The molecule has 0 atom stereocenters. The second kappa shape index (κ2) is 8.74. The first kappa shape index (κ1) is 19.6. The van der Waals surface area contributed by atoms with Gasteiger partial charge in [0, 0.05) is 11.6 Å². The van der Waals surface area contributed by atoms with Crippen LogP contribution in [0.3, 0.4) is 0 Å². The van der Waals surface area contributed by atoms with Gasteiger partial charge in [0.05, 0.1) is 19.3 Å².